The zero-order valence-corrected chi connectivity index (χ0v) is 15.7. The van der Waals surface area contributed by atoms with Crippen LogP contribution in [0.5, 0.6) is 0 Å². The average Bonchev–Trinajstić information content (AvgIpc) is 3.00. The maximum absolute atomic E-state index is 12.6. The minimum Gasteiger partial charge on any atom is -0.351 e. The molecule has 2 aromatic heterocycles. The molecular weight excluding hydrogens is 340 g/mol. The molecule has 1 amide bonds. The number of rotatable bonds is 5. The molecule has 0 aromatic carbocycles. The molecule has 0 aliphatic carbocycles. The smallest absolute Gasteiger partial charge is 0.288 e. The first-order valence-electron chi connectivity index (χ1n) is 8.52. The van der Waals surface area contributed by atoms with Gasteiger partial charge in [-0.25, -0.2) is 4.98 Å². The highest BCUT2D eigenvalue weighted by molar-refractivity contribution is 7.20. The van der Waals surface area contributed by atoms with Gasteiger partial charge in [0, 0.05) is 32.4 Å². The van der Waals surface area contributed by atoms with E-state index in [9.17, 15) is 9.59 Å². The summed E-state index contributed by atoms with van der Waals surface area (Å²) in [7, 11) is 3.85. The topological polar surface area (TPSA) is 82.8 Å². The van der Waals surface area contributed by atoms with Crippen LogP contribution in [0.15, 0.2) is 11.0 Å². The van der Waals surface area contributed by atoms with Crippen molar-refractivity contribution in [1.29, 1.82) is 0 Å². The van der Waals surface area contributed by atoms with Crippen molar-refractivity contribution in [3.8, 4) is 0 Å². The van der Waals surface area contributed by atoms with Crippen molar-refractivity contribution >= 4 is 27.3 Å². The highest BCUT2D eigenvalue weighted by Gasteiger charge is 2.22. The van der Waals surface area contributed by atoms with Crippen LogP contribution in [0.25, 0.3) is 4.96 Å². The Morgan fingerprint density at radius 2 is 2.28 bits per heavy atom. The fourth-order valence-electron chi connectivity index (χ4n) is 2.91. The summed E-state index contributed by atoms with van der Waals surface area (Å²) in [6.07, 6.45) is 3.69. The van der Waals surface area contributed by atoms with Crippen molar-refractivity contribution in [1.82, 2.24) is 24.8 Å². The molecule has 1 aliphatic rings. The molecule has 0 bridgehead atoms. The Kier molecular flexibility index (Phi) is 5.33. The Morgan fingerprint density at radius 3 is 3.00 bits per heavy atom. The molecule has 3 heterocycles. The molecule has 2 aromatic rings. The van der Waals surface area contributed by atoms with Gasteiger partial charge in [0.1, 0.15) is 5.56 Å². The first-order valence-corrected chi connectivity index (χ1v) is 9.34. The van der Waals surface area contributed by atoms with Crippen LogP contribution in [0.4, 0.5) is 5.13 Å². The zero-order valence-electron chi connectivity index (χ0n) is 14.9. The summed E-state index contributed by atoms with van der Waals surface area (Å²) in [5.74, 6) is 0.207. The van der Waals surface area contributed by atoms with E-state index in [2.05, 4.69) is 27.2 Å². The van der Waals surface area contributed by atoms with Gasteiger partial charge in [-0.1, -0.05) is 18.3 Å². The minimum absolute atomic E-state index is 0.0279. The number of amides is 1. The molecule has 0 saturated carbocycles. The van der Waals surface area contributed by atoms with E-state index >= 15 is 0 Å². The molecule has 1 fully saturated rings. The van der Waals surface area contributed by atoms with E-state index in [0.717, 1.165) is 24.6 Å². The Balaban J connectivity index is 1.82. The van der Waals surface area contributed by atoms with E-state index < -0.39 is 11.5 Å². The van der Waals surface area contributed by atoms with Crippen LogP contribution in [0.3, 0.4) is 0 Å². The van der Waals surface area contributed by atoms with Crippen LogP contribution in [0.2, 0.25) is 0 Å². The molecular formula is C16H24N6O2S. The van der Waals surface area contributed by atoms with Gasteiger partial charge in [-0.3, -0.25) is 9.59 Å². The fraction of sp³-hybridized carbons (Fsp3) is 0.625. The summed E-state index contributed by atoms with van der Waals surface area (Å²) in [5.41, 5.74) is -0.389. The van der Waals surface area contributed by atoms with Crippen molar-refractivity contribution in [2.75, 3.05) is 45.2 Å². The number of carbonyl (C=O) groups excluding carboxylic acids is 1. The van der Waals surface area contributed by atoms with Crippen LogP contribution in [0, 0.1) is 5.92 Å². The van der Waals surface area contributed by atoms with Crippen molar-refractivity contribution < 1.29 is 4.79 Å². The largest absolute Gasteiger partial charge is 0.351 e. The van der Waals surface area contributed by atoms with E-state index in [4.69, 9.17) is 0 Å². The molecule has 9 heteroatoms. The molecule has 0 radical (unpaired) electrons. The van der Waals surface area contributed by atoms with Crippen molar-refractivity contribution in [3.05, 3.63) is 22.1 Å². The summed E-state index contributed by atoms with van der Waals surface area (Å²) in [4.78, 5) is 33.8. The van der Waals surface area contributed by atoms with Crippen LogP contribution in [-0.2, 0) is 0 Å². The summed E-state index contributed by atoms with van der Waals surface area (Å²) in [6.45, 7) is 5.28. The van der Waals surface area contributed by atoms with E-state index in [0.29, 0.717) is 24.0 Å². The number of nitrogens with one attached hydrogen (secondary N) is 1. The quantitative estimate of drug-likeness (QED) is 0.840. The second kappa shape index (κ2) is 7.49. The van der Waals surface area contributed by atoms with Gasteiger partial charge in [-0.15, -0.1) is 5.10 Å². The second-order valence-corrected chi connectivity index (χ2v) is 7.74. The molecule has 1 N–H and O–H groups in total. The van der Waals surface area contributed by atoms with Gasteiger partial charge >= 0.3 is 0 Å². The zero-order chi connectivity index (χ0) is 18.0. The number of anilines is 1. The average molecular weight is 364 g/mol. The number of fused-ring (bicyclic) bond motifs is 1. The van der Waals surface area contributed by atoms with Crippen molar-refractivity contribution in [3.63, 3.8) is 0 Å². The highest BCUT2D eigenvalue weighted by atomic mass is 32.1. The molecule has 8 nitrogen and oxygen atoms in total. The van der Waals surface area contributed by atoms with E-state index in [-0.39, 0.29) is 5.56 Å². The van der Waals surface area contributed by atoms with Gasteiger partial charge in [0.2, 0.25) is 10.1 Å². The van der Waals surface area contributed by atoms with Gasteiger partial charge in [0.05, 0.1) is 0 Å². The van der Waals surface area contributed by atoms with Gasteiger partial charge in [0.15, 0.2) is 0 Å². The number of aromatic nitrogens is 3. The summed E-state index contributed by atoms with van der Waals surface area (Å²) in [5, 5.41) is 7.96. The third-order valence-corrected chi connectivity index (χ3v) is 5.28. The first-order chi connectivity index (χ1) is 12.0. The molecule has 1 saturated heterocycles. The van der Waals surface area contributed by atoms with Gasteiger partial charge in [0.25, 0.3) is 11.5 Å². The predicted octanol–water partition coefficient (Wildman–Crippen LogP) is 0.679. The lowest BCUT2D eigenvalue weighted by Gasteiger charge is -2.30. The van der Waals surface area contributed by atoms with Gasteiger partial charge in [-0.05, 0) is 32.9 Å². The lowest BCUT2D eigenvalue weighted by atomic mass is 10.0. The number of hydrogen-bond donors (Lipinski definition) is 1. The van der Waals surface area contributed by atoms with Crippen molar-refractivity contribution in [2.24, 2.45) is 5.92 Å². The standard InChI is InChI=1S/C16H24N6O2S/c1-11-5-4-7-21(10-11)16-19-22-14(24)12(9-18-15(22)25-16)13(23)17-6-8-20(2)3/h9,11H,4-8,10H2,1-3H3,(H,17,23)/t11-/m1/s1. The Morgan fingerprint density at radius 1 is 1.48 bits per heavy atom. The Hall–Kier alpha value is -2.00. The summed E-state index contributed by atoms with van der Waals surface area (Å²) >= 11 is 1.39. The maximum atomic E-state index is 12.6. The van der Waals surface area contributed by atoms with E-state index in [1.807, 2.05) is 19.0 Å². The van der Waals surface area contributed by atoms with E-state index in [1.54, 1.807) is 0 Å². The molecule has 25 heavy (non-hydrogen) atoms. The Labute approximate surface area is 150 Å². The van der Waals surface area contributed by atoms with Gasteiger partial charge in [-0.2, -0.15) is 4.52 Å². The molecule has 3 rings (SSSR count). The van der Waals surface area contributed by atoms with Crippen LogP contribution < -0.4 is 15.8 Å². The summed E-state index contributed by atoms with van der Waals surface area (Å²) in [6, 6.07) is 0. The first kappa shape index (κ1) is 17.8. The maximum Gasteiger partial charge on any atom is 0.288 e. The Bertz CT molecular complexity index is 815. The van der Waals surface area contributed by atoms with Crippen LogP contribution in [-0.4, -0.2) is 65.7 Å². The second-order valence-electron chi connectivity index (χ2n) is 6.81. The minimum atomic E-state index is -0.417. The third kappa shape index (κ3) is 3.98. The van der Waals surface area contributed by atoms with Gasteiger partial charge < -0.3 is 15.1 Å². The van der Waals surface area contributed by atoms with Crippen LogP contribution >= 0.6 is 11.3 Å². The molecule has 1 aliphatic heterocycles. The SMILES string of the molecule is C[C@@H]1CCCN(c2nn3c(=O)c(C(=O)NCCN(C)C)cnc3s2)C1. The molecule has 1 atom stereocenters. The third-order valence-electron chi connectivity index (χ3n) is 4.29. The van der Waals surface area contributed by atoms with Crippen LogP contribution in [0.1, 0.15) is 30.1 Å². The summed E-state index contributed by atoms with van der Waals surface area (Å²) < 4.78 is 1.25. The number of nitrogens with zero attached hydrogens (tertiary/aromatic N) is 5. The number of hydrogen-bond acceptors (Lipinski definition) is 7. The monoisotopic (exact) mass is 364 g/mol. The molecule has 0 unspecified atom stereocenters. The predicted molar refractivity (Wildman–Crippen MR) is 98.6 cm³/mol. The van der Waals surface area contributed by atoms with E-state index in [1.165, 1.54) is 28.5 Å². The highest BCUT2D eigenvalue weighted by Crippen LogP contribution is 2.26. The van der Waals surface area contributed by atoms with Crippen molar-refractivity contribution in [2.45, 2.75) is 19.8 Å². The lowest BCUT2D eigenvalue weighted by Crippen LogP contribution is -2.36. The molecule has 0 spiro atoms. The number of piperidine rings is 1. The number of carbonyl (C=O) groups is 1. The number of likely N-dealkylation sites (N-methyl/N-ethyl adjacent to an activating group) is 1. The fourth-order valence-corrected chi connectivity index (χ4v) is 3.81. The normalized spacial score (nSPS) is 18.1. The lowest BCUT2D eigenvalue weighted by molar-refractivity contribution is 0.0949. The molecule has 136 valence electrons.